The first kappa shape index (κ1) is 14.7. The summed E-state index contributed by atoms with van der Waals surface area (Å²) in [6.07, 6.45) is -1.07. The van der Waals surface area contributed by atoms with E-state index in [4.69, 9.17) is 11.0 Å². The van der Waals surface area contributed by atoms with Gasteiger partial charge in [0, 0.05) is 17.8 Å². The van der Waals surface area contributed by atoms with Crippen LogP contribution in [-0.4, -0.2) is 12.1 Å². The fourth-order valence-corrected chi connectivity index (χ4v) is 2.47. The first-order chi connectivity index (χ1) is 9.40. The molecule has 1 aliphatic carbocycles. The predicted octanol–water partition coefficient (Wildman–Crippen LogP) is 3.26. The minimum absolute atomic E-state index is 0.142. The molecule has 0 aliphatic heterocycles. The van der Waals surface area contributed by atoms with Crippen LogP contribution in [0, 0.1) is 11.3 Å². The van der Waals surface area contributed by atoms with Crippen LogP contribution in [0.5, 0.6) is 0 Å². The Morgan fingerprint density at radius 2 is 1.85 bits per heavy atom. The summed E-state index contributed by atoms with van der Waals surface area (Å²) >= 11 is 0. The number of anilines is 1. The Hall–Kier alpha value is -1.74. The Morgan fingerprint density at radius 1 is 1.20 bits per heavy atom. The van der Waals surface area contributed by atoms with Gasteiger partial charge in [0.1, 0.15) is 0 Å². The van der Waals surface area contributed by atoms with Crippen LogP contribution in [-0.2, 0) is 6.18 Å². The molecule has 1 fully saturated rings. The van der Waals surface area contributed by atoms with E-state index >= 15 is 0 Å². The molecule has 1 aromatic rings. The highest BCUT2D eigenvalue weighted by molar-refractivity contribution is 5.53. The molecule has 2 rings (SSSR count). The molecule has 0 unspecified atom stereocenters. The van der Waals surface area contributed by atoms with E-state index in [0.717, 1.165) is 31.7 Å². The predicted molar refractivity (Wildman–Crippen MR) is 70.0 cm³/mol. The van der Waals surface area contributed by atoms with Crippen LogP contribution < -0.4 is 11.1 Å². The van der Waals surface area contributed by atoms with Gasteiger partial charge in [-0.3, -0.25) is 0 Å². The Labute approximate surface area is 115 Å². The molecule has 0 bridgehead atoms. The van der Waals surface area contributed by atoms with Crippen LogP contribution in [0.4, 0.5) is 18.9 Å². The quantitative estimate of drug-likeness (QED) is 0.875. The number of hydrogen-bond donors (Lipinski definition) is 2. The van der Waals surface area contributed by atoms with Gasteiger partial charge in [-0.05, 0) is 43.9 Å². The third-order valence-corrected chi connectivity index (χ3v) is 3.59. The minimum atomic E-state index is -4.52. The van der Waals surface area contributed by atoms with Gasteiger partial charge in [0.15, 0.2) is 0 Å². The molecule has 0 heterocycles. The van der Waals surface area contributed by atoms with E-state index in [9.17, 15) is 13.2 Å². The normalized spacial score (nSPS) is 23.1. The SMILES string of the molecule is N#Cc1ccc(NC2CCC(N)CC2)cc1C(F)(F)F. The summed E-state index contributed by atoms with van der Waals surface area (Å²) in [7, 11) is 0. The van der Waals surface area contributed by atoms with E-state index < -0.39 is 11.7 Å². The molecule has 0 aromatic heterocycles. The van der Waals surface area contributed by atoms with Gasteiger partial charge in [0.25, 0.3) is 0 Å². The molecule has 1 aromatic carbocycles. The number of hydrogen-bond acceptors (Lipinski definition) is 3. The number of halogens is 3. The Bertz CT molecular complexity index is 511. The summed E-state index contributed by atoms with van der Waals surface area (Å²) in [4.78, 5) is 0. The van der Waals surface area contributed by atoms with E-state index in [1.807, 2.05) is 0 Å². The molecule has 0 amide bonds. The van der Waals surface area contributed by atoms with Crippen molar-refractivity contribution < 1.29 is 13.2 Å². The molecule has 0 saturated heterocycles. The fraction of sp³-hybridized carbons (Fsp3) is 0.500. The maximum absolute atomic E-state index is 12.8. The van der Waals surface area contributed by atoms with Crippen molar-refractivity contribution in [2.45, 2.75) is 43.9 Å². The second kappa shape index (κ2) is 5.71. The lowest BCUT2D eigenvalue weighted by molar-refractivity contribution is -0.137. The van der Waals surface area contributed by atoms with Crippen LogP contribution in [0.3, 0.4) is 0 Å². The highest BCUT2D eigenvalue weighted by Crippen LogP contribution is 2.34. The van der Waals surface area contributed by atoms with E-state index in [1.54, 1.807) is 6.07 Å². The molecule has 0 spiro atoms. The van der Waals surface area contributed by atoms with Crippen molar-refractivity contribution >= 4 is 5.69 Å². The van der Waals surface area contributed by atoms with Crippen LogP contribution >= 0.6 is 0 Å². The topological polar surface area (TPSA) is 61.8 Å². The number of alkyl halides is 3. The Kier molecular flexibility index (Phi) is 4.19. The maximum atomic E-state index is 12.8. The molecule has 3 N–H and O–H groups in total. The molecule has 1 aliphatic rings. The number of nitrogens with zero attached hydrogens (tertiary/aromatic N) is 1. The van der Waals surface area contributed by atoms with Crippen molar-refractivity contribution in [3.63, 3.8) is 0 Å². The van der Waals surface area contributed by atoms with Gasteiger partial charge in [-0.1, -0.05) is 0 Å². The first-order valence-electron chi connectivity index (χ1n) is 6.53. The van der Waals surface area contributed by atoms with E-state index in [1.165, 1.54) is 12.1 Å². The molecule has 6 heteroatoms. The average molecular weight is 283 g/mol. The number of rotatable bonds is 2. The number of nitrogens with two attached hydrogens (primary N) is 1. The van der Waals surface area contributed by atoms with E-state index in [-0.39, 0.29) is 17.6 Å². The zero-order valence-corrected chi connectivity index (χ0v) is 10.9. The summed E-state index contributed by atoms with van der Waals surface area (Å²) < 4.78 is 38.5. The molecule has 20 heavy (non-hydrogen) atoms. The van der Waals surface area contributed by atoms with Crippen LogP contribution in [0.1, 0.15) is 36.8 Å². The van der Waals surface area contributed by atoms with E-state index in [0.29, 0.717) is 5.69 Å². The second-order valence-corrected chi connectivity index (χ2v) is 5.13. The van der Waals surface area contributed by atoms with Gasteiger partial charge in [-0.25, -0.2) is 0 Å². The maximum Gasteiger partial charge on any atom is 0.417 e. The number of nitriles is 1. The number of nitrogens with one attached hydrogen (secondary N) is 1. The monoisotopic (exact) mass is 283 g/mol. The molecule has 1 saturated carbocycles. The Balaban J connectivity index is 2.15. The highest BCUT2D eigenvalue weighted by Gasteiger charge is 2.34. The zero-order valence-electron chi connectivity index (χ0n) is 10.9. The molecular weight excluding hydrogens is 267 g/mol. The van der Waals surface area contributed by atoms with Gasteiger partial charge in [0.05, 0.1) is 17.2 Å². The third-order valence-electron chi connectivity index (χ3n) is 3.59. The molecule has 0 radical (unpaired) electrons. The van der Waals surface area contributed by atoms with Gasteiger partial charge in [-0.15, -0.1) is 0 Å². The molecule has 3 nitrogen and oxygen atoms in total. The van der Waals surface area contributed by atoms with Crippen molar-refractivity contribution in [2.24, 2.45) is 5.73 Å². The zero-order chi connectivity index (χ0) is 14.8. The lowest BCUT2D eigenvalue weighted by Crippen LogP contribution is -2.32. The van der Waals surface area contributed by atoms with Crippen molar-refractivity contribution in [3.05, 3.63) is 29.3 Å². The summed E-state index contributed by atoms with van der Waals surface area (Å²) in [6.45, 7) is 0. The van der Waals surface area contributed by atoms with Crippen molar-refractivity contribution in [1.82, 2.24) is 0 Å². The second-order valence-electron chi connectivity index (χ2n) is 5.13. The standard InChI is InChI=1S/C14H16F3N3/c15-14(16,17)13-7-12(4-1-9(13)8-18)20-11-5-2-10(19)3-6-11/h1,4,7,10-11,20H,2-3,5-6,19H2. The van der Waals surface area contributed by atoms with Gasteiger partial charge < -0.3 is 11.1 Å². The fourth-order valence-electron chi connectivity index (χ4n) is 2.47. The van der Waals surface area contributed by atoms with Crippen molar-refractivity contribution in [3.8, 4) is 6.07 Å². The first-order valence-corrected chi connectivity index (χ1v) is 6.53. The van der Waals surface area contributed by atoms with Gasteiger partial charge in [-0.2, -0.15) is 18.4 Å². The summed E-state index contributed by atoms with van der Waals surface area (Å²) in [5.41, 5.74) is 4.95. The summed E-state index contributed by atoms with van der Waals surface area (Å²) in [5, 5.41) is 11.8. The minimum Gasteiger partial charge on any atom is -0.382 e. The molecule has 0 atom stereocenters. The molecular formula is C14H16F3N3. The number of benzene rings is 1. The lowest BCUT2D eigenvalue weighted by Gasteiger charge is -2.28. The van der Waals surface area contributed by atoms with Crippen molar-refractivity contribution in [1.29, 1.82) is 5.26 Å². The average Bonchev–Trinajstić information content (AvgIpc) is 2.40. The van der Waals surface area contributed by atoms with Gasteiger partial charge in [0.2, 0.25) is 0 Å². The summed E-state index contributed by atoms with van der Waals surface area (Å²) in [6, 6.07) is 5.64. The third kappa shape index (κ3) is 3.42. The lowest BCUT2D eigenvalue weighted by atomic mass is 9.91. The van der Waals surface area contributed by atoms with Crippen LogP contribution in [0.15, 0.2) is 18.2 Å². The van der Waals surface area contributed by atoms with Gasteiger partial charge >= 0.3 is 6.18 Å². The smallest absolute Gasteiger partial charge is 0.382 e. The largest absolute Gasteiger partial charge is 0.417 e. The summed E-state index contributed by atoms with van der Waals surface area (Å²) in [5.74, 6) is 0. The van der Waals surface area contributed by atoms with Crippen molar-refractivity contribution in [2.75, 3.05) is 5.32 Å². The van der Waals surface area contributed by atoms with Crippen LogP contribution in [0.25, 0.3) is 0 Å². The Morgan fingerprint density at radius 3 is 2.40 bits per heavy atom. The van der Waals surface area contributed by atoms with E-state index in [2.05, 4.69) is 5.32 Å². The van der Waals surface area contributed by atoms with Crippen LogP contribution in [0.2, 0.25) is 0 Å². The highest BCUT2D eigenvalue weighted by atomic mass is 19.4. The molecule has 108 valence electrons.